The molecule has 4 rings (SSSR count). The molecule has 0 unspecified atom stereocenters. The smallest absolute Gasteiger partial charge is 0.250 e. The molecule has 9 nitrogen and oxygen atoms in total. The number of pyridine rings is 1. The van der Waals surface area contributed by atoms with Gasteiger partial charge in [0, 0.05) is 36.7 Å². The van der Waals surface area contributed by atoms with Gasteiger partial charge in [0.15, 0.2) is 0 Å². The Kier molecular flexibility index (Phi) is 5.87. The number of ether oxygens (including phenoxy) is 1. The first-order valence-electron chi connectivity index (χ1n) is 9.38. The fourth-order valence-corrected chi connectivity index (χ4v) is 2.76. The fourth-order valence-electron chi connectivity index (χ4n) is 2.76. The molecular weight excluding hydrogens is 368 g/mol. The Hall–Kier alpha value is -3.59. The van der Waals surface area contributed by atoms with Crippen LogP contribution in [0.3, 0.4) is 0 Å². The number of hydrogen-bond donors (Lipinski definition) is 2. The van der Waals surface area contributed by atoms with Gasteiger partial charge in [-0.1, -0.05) is 23.8 Å². The van der Waals surface area contributed by atoms with Crippen LogP contribution in [0.15, 0.2) is 53.9 Å². The van der Waals surface area contributed by atoms with Crippen LogP contribution in [-0.4, -0.2) is 52.5 Å². The number of morpholine rings is 1. The normalized spacial score (nSPS) is 14.2. The molecule has 3 aromatic rings. The molecular formula is C20H22N8O. The van der Waals surface area contributed by atoms with Crippen LogP contribution < -0.4 is 15.6 Å². The van der Waals surface area contributed by atoms with Gasteiger partial charge in [0.05, 0.1) is 19.4 Å². The Balaban J connectivity index is 1.56. The molecule has 0 radical (unpaired) electrons. The Labute approximate surface area is 168 Å². The zero-order valence-corrected chi connectivity index (χ0v) is 16.1. The van der Waals surface area contributed by atoms with Crippen molar-refractivity contribution in [2.45, 2.75) is 6.92 Å². The topological polar surface area (TPSA) is 100 Å². The first-order valence-corrected chi connectivity index (χ1v) is 9.38. The molecule has 3 heterocycles. The second kappa shape index (κ2) is 9.07. The van der Waals surface area contributed by atoms with Gasteiger partial charge in [-0.05, 0) is 25.1 Å². The lowest BCUT2D eigenvalue weighted by Crippen LogP contribution is -2.37. The van der Waals surface area contributed by atoms with Crippen molar-refractivity contribution < 1.29 is 4.74 Å². The number of rotatable bonds is 6. The molecule has 0 spiro atoms. The highest BCUT2D eigenvalue weighted by molar-refractivity contribution is 5.79. The maximum atomic E-state index is 5.43. The van der Waals surface area contributed by atoms with Gasteiger partial charge in [0.25, 0.3) is 0 Å². The van der Waals surface area contributed by atoms with E-state index in [1.165, 1.54) is 5.56 Å². The molecule has 1 aliphatic heterocycles. The Morgan fingerprint density at radius 2 is 1.83 bits per heavy atom. The highest BCUT2D eigenvalue weighted by Crippen LogP contribution is 2.19. The van der Waals surface area contributed by atoms with Crippen LogP contribution in [0, 0.1) is 6.92 Å². The average Bonchev–Trinajstić information content (AvgIpc) is 2.77. The van der Waals surface area contributed by atoms with E-state index in [9.17, 15) is 0 Å². The molecule has 1 fully saturated rings. The Morgan fingerprint density at radius 3 is 2.59 bits per heavy atom. The summed E-state index contributed by atoms with van der Waals surface area (Å²) < 4.78 is 5.43. The predicted molar refractivity (Wildman–Crippen MR) is 113 cm³/mol. The number of hydrogen-bond acceptors (Lipinski definition) is 9. The van der Waals surface area contributed by atoms with E-state index in [0.717, 1.165) is 24.3 Å². The number of aromatic nitrogens is 4. The molecule has 2 N–H and O–H groups in total. The lowest BCUT2D eigenvalue weighted by molar-refractivity contribution is 0.122. The number of anilines is 4. The van der Waals surface area contributed by atoms with E-state index in [0.29, 0.717) is 31.1 Å². The summed E-state index contributed by atoms with van der Waals surface area (Å²) >= 11 is 0. The highest BCUT2D eigenvalue weighted by atomic mass is 16.5. The van der Waals surface area contributed by atoms with Gasteiger partial charge in [0.1, 0.15) is 0 Å². The minimum Gasteiger partial charge on any atom is -0.378 e. The zero-order valence-electron chi connectivity index (χ0n) is 16.1. The molecule has 0 amide bonds. The van der Waals surface area contributed by atoms with Crippen molar-refractivity contribution in [3.05, 3.63) is 59.9 Å². The summed E-state index contributed by atoms with van der Waals surface area (Å²) in [5.74, 6) is 1.39. The molecule has 1 saturated heterocycles. The van der Waals surface area contributed by atoms with Crippen molar-refractivity contribution in [3.63, 3.8) is 0 Å². The zero-order chi connectivity index (χ0) is 19.9. The second-order valence-electron chi connectivity index (χ2n) is 6.53. The van der Waals surface area contributed by atoms with E-state index in [-0.39, 0.29) is 0 Å². The molecule has 1 aromatic carbocycles. The number of nitrogens with one attached hydrogen (secondary N) is 2. The predicted octanol–water partition coefficient (Wildman–Crippen LogP) is 2.60. The minimum atomic E-state index is 0.358. The van der Waals surface area contributed by atoms with Crippen molar-refractivity contribution in [3.8, 4) is 0 Å². The summed E-state index contributed by atoms with van der Waals surface area (Å²) in [6, 6.07) is 11.8. The van der Waals surface area contributed by atoms with Crippen LogP contribution in [0.5, 0.6) is 0 Å². The standard InChI is InChI=1S/C20H22N8O/c1-15-4-6-17(7-5-15)23-18-24-19(27-22-14-16-3-2-8-21-13-16)26-20(25-18)28-9-11-29-12-10-28/h2-8,13-14H,9-12H2,1H3,(H2,23,24,25,26,27). The van der Waals surface area contributed by atoms with Gasteiger partial charge >= 0.3 is 0 Å². The van der Waals surface area contributed by atoms with Crippen molar-refractivity contribution >= 4 is 29.7 Å². The third kappa shape index (κ3) is 5.23. The van der Waals surface area contributed by atoms with Gasteiger partial charge < -0.3 is 15.0 Å². The lowest BCUT2D eigenvalue weighted by Gasteiger charge is -2.27. The van der Waals surface area contributed by atoms with Crippen molar-refractivity contribution in [1.29, 1.82) is 0 Å². The molecule has 148 valence electrons. The molecule has 1 aliphatic rings. The van der Waals surface area contributed by atoms with E-state index in [4.69, 9.17) is 4.74 Å². The van der Waals surface area contributed by atoms with E-state index < -0.39 is 0 Å². The average molecular weight is 390 g/mol. The summed E-state index contributed by atoms with van der Waals surface area (Å²) in [5.41, 5.74) is 5.85. The maximum absolute atomic E-state index is 5.43. The molecule has 0 aliphatic carbocycles. The Morgan fingerprint density at radius 1 is 1.03 bits per heavy atom. The van der Waals surface area contributed by atoms with Gasteiger partial charge in [-0.2, -0.15) is 20.1 Å². The quantitative estimate of drug-likeness (QED) is 0.489. The fraction of sp³-hybridized carbons (Fsp3) is 0.250. The number of hydrazone groups is 1. The summed E-state index contributed by atoms with van der Waals surface area (Å²) in [4.78, 5) is 19.7. The number of benzene rings is 1. The summed E-state index contributed by atoms with van der Waals surface area (Å²) in [7, 11) is 0. The van der Waals surface area contributed by atoms with E-state index in [2.05, 4.69) is 40.7 Å². The van der Waals surface area contributed by atoms with Crippen LogP contribution in [0.4, 0.5) is 23.5 Å². The molecule has 0 bridgehead atoms. The minimum absolute atomic E-state index is 0.358. The first-order chi connectivity index (χ1) is 14.3. The van der Waals surface area contributed by atoms with Gasteiger partial charge in [-0.3, -0.25) is 4.98 Å². The second-order valence-corrected chi connectivity index (χ2v) is 6.53. The van der Waals surface area contributed by atoms with Crippen molar-refractivity contribution in [1.82, 2.24) is 19.9 Å². The van der Waals surface area contributed by atoms with Crippen molar-refractivity contribution in [2.24, 2.45) is 5.10 Å². The molecule has 0 saturated carbocycles. The monoisotopic (exact) mass is 390 g/mol. The maximum Gasteiger partial charge on any atom is 0.250 e. The third-order valence-electron chi connectivity index (χ3n) is 4.29. The van der Waals surface area contributed by atoms with E-state index in [1.807, 2.05) is 43.3 Å². The number of aryl methyl sites for hydroxylation is 1. The van der Waals surface area contributed by atoms with Crippen molar-refractivity contribution in [2.75, 3.05) is 41.9 Å². The molecule has 0 atom stereocenters. The van der Waals surface area contributed by atoms with Gasteiger partial charge in [0.2, 0.25) is 17.8 Å². The largest absolute Gasteiger partial charge is 0.378 e. The van der Waals surface area contributed by atoms with Crippen LogP contribution >= 0.6 is 0 Å². The highest BCUT2D eigenvalue weighted by Gasteiger charge is 2.16. The summed E-state index contributed by atoms with van der Waals surface area (Å²) in [6.45, 7) is 4.80. The van der Waals surface area contributed by atoms with Gasteiger partial charge in [-0.25, -0.2) is 5.43 Å². The van der Waals surface area contributed by atoms with Crippen LogP contribution in [0.1, 0.15) is 11.1 Å². The van der Waals surface area contributed by atoms with Crippen LogP contribution in [0.2, 0.25) is 0 Å². The van der Waals surface area contributed by atoms with Crippen LogP contribution in [-0.2, 0) is 4.74 Å². The SMILES string of the molecule is Cc1ccc(Nc2nc(NN=Cc3cccnc3)nc(N3CCOCC3)n2)cc1. The summed E-state index contributed by atoms with van der Waals surface area (Å²) in [5, 5.41) is 7.46. The number of nitrogens with zero attached hydrogens (tertiary/aromatic N) is 6. The van der Waals surface area contributed by atoms with Gasteiger partial charge in [-0.15, -0.1) is 0 Å². The Bertz CT molecular complexity index is 956. The molecule has 9 heteroatoms. The lowest BCUT2D eigenvalue weighted by atomic mass is 10.2. The van der Waals surface area contributed by atoms with E-state index >= 15 is 0 Å². The molecule has 29 heavy (non-hydrogen) atoms. The van der Waals surface area contributed by atoms with Crippen LogP contribution in [0.25, 0.3) is 0 Å². The summed E-state index contributed by atoms with van der Waals surface area (Å²) in [6.07, 6.45) is 5.11. The first kappa shape index (κ1) is 18.8. The van der Waals surface area contributed by atoms with E-state index in [1.54, 1.807) is 18.6 Å². The molecule has 2 aromatic heterocycles. The third-order valence-corrected chi connectivity index (χ3v) is 4.29.